The molecule has 1 aliphatic heterocycles. The minimum Gasteiger partial charge on any atom is -0.489 e. The van der Waals surface area contributed by atoms with E-state index in [-0.39, 0.29) is 6.61 Å². The number of amides is 2. The summed E-state index contributed by atoms with van der Waals surface area (Å²) in [5, 5.41) is 3.42. The molecule has 0 bridgehead atoms. The molecule has 1 unspecified atom stereocenters. The molecule has 0 radical (unpaired) electrons. The van der Waals surface area contributed by atoms with Crippen molar-refractivity contribution in [3.63, 3.8) is 0 Å². The summed E-state index contributed by atoms with van der Waals surface area (Å²) in [6, 6.07) is 6.72. The molecule has 27 heavy (non-hydrogen) atoms. The first-order chi connectivity index (χ1) is 13.0. The zero-order chi connectivity index (χ0) is 19.1. The highest BCUT2D eigenvalue weighted by molar-refractivity contribution is 6.03. The van der Waals surface area contributed by atoms with Crippen molar-refractivity contribution in [1.29, 1.82) is 0 Å². The number of hydrogen-bond acceptors (Lipinski definition) is 4. The molecule has 0 spiro atoms. The number of aromatic nitrogens is 2. The quantitative estimate of drug-likeness (QED) is 0.716. The van der Waals surface area contributed by atoms with Gasteiger partial charge in [-0.1, -0.05) is 19.1 Å². The van der Waals surface area contributed by atoms with Crippen molar-refractivity contribution in [3.05, 3.63) is 42.2 Å². The third kappa shape index (κ3) is 2.77. The molecule has 3 aromatic rings. The fourth-order valence-electron chi connectivity index (χ4n) is 3.72. The number of pyridine rings is 1. The molecule has 3 N–H and O–H groups in total. The lowest BCUT2D eigenvalue weighted by molar-refractivity contribution is -0.123. The molecule has 7 nitrogen and oxygen atoms in total. The third-order valence-corrected chi connectivity index (χ3v) is 5.08. The maximum absolute atomic E-state index is 14.0. The fourth-order valence-corrected chi connectivity index (χ4v) is 3.72. The smallest absolute Gasteiger partial charge is 0.255 e. The van der Waals surface area contributed by atoms with Crippen molar-refractivity contribution in [2.24, 2.45) is 11.7 Å². The second-order valence-electron chi connectivity index (χ2n) is 6.64. The zero-order valence-electron chi connectivity index (χ0n) is 14.7. The number of nitrogens with two attached hydrogens (primary N) is 1. The second-order valence-corrected chi connectivity index (χ2v) is 6.64. The number of carbonyl (C=O) groups is 2. The number of nitrogens with one attached hydrogen (secondary N) is 1. The van der Waals surface area contributed by atoms with Crippen LogP contribution in [0.15, 0.2) is 36.7 Å². The molecular weight excluding hydrogens is 351 g/mol. The zero-order valence-corrected chi connectivity index (χ0v) is 14.7. The molecular formula is C19H19FN4O3. The Bertz CT molecular complexity index is 1050. The topological polar surface area (TPSA) is 98.7 Å². The van der Waals surface area contributed by atoms with E-state index in [9.17, 15) is 14.0 Å². The van der Waals surface area contributed by atoms with Crippen LogP contribution in [-0.2, 0) is 4.79 Å². The Morgan fingerprint density at radius 3 is 3.00 bits per heavy atom. The van der Waals surface area contributed by atoms with Gasteiger partial charge in [0.2, 0.25) is 0 Å². The third-order valence-electron chi connectivity index (χ3n) is 5.08. The number of primary amides is 1. The number of fused-ring (bicyclic) bond motifs is 3. The Morgan fingerprint density at radius 2 is 2.26 bits per heavy atom. The van der Waals surface area contributed by atoms with Gasteiger partial charge in [0, 0.05) is 23.7 Å². The van der Waals surface area contributed by atoms with Crippen LogP contribution in [0.2, 0.25) is 0 Å². The Hall–Kier alpha value is -3.16. The standard InChI is InChI=1S/C19H19FN4O3/c1-2-11-13(23-19(26)15(11)20)9-27-14-5-3-4-10-8-12(17(21)25)18-22-6-7-24(18)16(10)14/h3-8,11,13,15H,2,9H2,1H3,(H2,21,25)(H,23,26)/t11-,13?,15-/m0/s1. The number of rotatable bonds is 5. The molecule has 2 amide bonds. The molecule has 4 rings (SSSR count). The van der Waals surface area contributed by atoms with Crippen molar-refractivity contribution in [1.82, 2.24) is 14.7 Å². The summed E-state index contributed by atoms with van der Waals surface area (Å²) in [6.45, 7) is 2.00. The number of alkyl halides is 1. The highest BCUT2D eigenvalue weighted by atomic mass is 19.1. The van der Waals surface area contributed by atoms with Gasteiger partial charge in [0.05, 0.1) is 17.1 Å². The Balaban J connectivity index is 1.72. The van der Waals surface area contributed by atoms with E-state index in [1.807, 2.05) is 13.0 Å². The molecule has 0 saturated carbocycles. The highest BCUT2D eigenvalue weighted by Crippen LogP contribution is 2.30. The van der Waals surface area contributed by atoms with Crippen molar-refractivity contribution >= 4 is 28.4 Å². The summed E-state index contributed by atoms with van der Waals surface area (Å²) < 4.78 is 21.7. The van der Waals surface area contributed by atoms with Gasteiger partial charge in [-0.15, -0.1) is 0 Å². The van der Waals surface area contributed by atoms with E-state index in [1.54, 1.807) is 35.0 Å². The highest BCUT2D eigenvalue weighted by Gasteiger charge is 2.41. The van der Waals surface area contributed by atoms with E-state index in [4.69, 9.17) is 10.5 Å². The van der Waals surface area contributed by atoms with Crippen LogP contribution in [0.3, 0.4) is 0 Å². The SMILES string of the molecule is CC[C@H]1C(COc2cccc3cc(C(N)=O)c4nccn4c23)NC(=O)[C@H]1F. The van der Waals surface area contributed by atoms with E-state index in [1.165, 1.54) is 0 Å². The van der Waals surface area contributed by atoms with E-state index in [2.05, 4.69) is 10.3 Å². The lowest BCUT2D eigenvalue weighted by Crippen LogP contribution is -2.34. The number of ether oxygens (including phenoxy) is 1. The van der Waals surface area contributed by atoms with Crippen molar-refractivity contribution in [2.45, 2.75) is 25.6 Å². The largest absolute Gasteiger partial charge is 0.489 e. The van der Waals surface area contributed by atoms with Gasteiger partial charge >= 0.3 is 0 Å². The Kier molecular flexibility index (Phi) is 4.18. The van der Waals surface area contributed by atoms with Crippen molar-refractivity contribution in [2.75, 3.05) is 6.61 Å². The van der Waals surface area contributed by atoms with Gasteiger partial charge in [-0.3, -0.25) is 14.0 Å². The molecule has 0 aliphatic carbocycles. The van der Waals surface area contributed by atoms with Crippen LogP contribution in [0.25, 0.3) is 16.6 Å². The van der Waals surface area contributed by atoms with Gasteiger partial charge in [0.25, 0.3) is 11.8 Å². The summed E-state index contributed by atoms with van der Waals surface area (Å²) >= 11 is 0. The first-order valence-corrected chi connectivity index (χ1v) is 8.77. The van der Waals surface area contributed by atoms with E-state index in [0.717, 1.165) is 10.9 Å². The number of benzene rings is 1. The van der Waals surface area contributed by atoms with E-state index >= 15 is 0 Å². The number of carbonyl (C=O) groups excluding carboxylic acids is 2. The fraction of sp³-hybridized carbons (Fsp3) is 0.316. The van der Waals surface area contributed by atoms with Gasteiger partial charge in [-0.05, 0) is 18.6 Å². The minimum absolute atomic E-state index is 0.150. The number of halogens is 1. The van der Waals surface area contributed by atoms with Crippen LogP contribution in [0.1, 0.15) is 23.7 Å². The maximum atomic E-state index is 14.0. The lowest BCUT2D eigenvalue weighted by atomic mass is 9.97. The molecule has 1 aromatic carbocycles. The molecule has 140 valence electrons. The van der Waals surface area contributed by atoms with Gasteiger partial charge in [-0.25, -0.2) is 9.37 Å². The van der Waals surface area contributed by atoms with Crippen molar-refractivity contribution < 1.29 is 18.7 Å². The number of hydrogen-bond donors (Lipinski definition) is 2. The van der Waals surface area contributed by atoms with Crippen LogP contribution >= 0.6 is 0 Å². The molecule has 8 heteroatoms. The predicted molar refractivity (Wildman–Crippen MR) is 97.3 cm³/mol. The summed E-state index contributed by atoms with van der Waals surface area (Å²) in [5.74, 6) is -1.01. The number of nitrogens with zero attached hydrogens (tertiary/aromatic N) is 2. The lowest BCUT2D eigenvalue weighted by Gasteiger charge is -2.19. The van der Waals surface area contributed by atoms with E-state index in [0.29, 0.717) is 23.4 Å². The molecule has 3 heterocycles. The average molecular weight is 370 g/mol. The molecule has 1 saturated heterocycles. The molecule has 3 atom stereocenters. The number of imidazole rings is 1. The summed E-state index contributed by atoms with van der Waals surface area (Å²) in [6.07, 6.45) is 2.34. The van der Waals surface area contributed by atoms with Gasteiger partial charge in [0.15, 0.2) is 6.17 Å². The first-order valence-electron chi connectivity index (χ1n) is 8.77. The maximum Gasteiger partial charge on any atom is 0.255 e. The number of para-hydroxylation sites is 1. The van der Waals surface area contributed by atoms with Crippen LogP contribution in [0.4, 0.5) is 4.39 Å². The van der Waals surface area contributed by atoms with Gasteiger partial charge in [0.1, 0.15) is 18.0 Å². The molecule has 2 aromatic heterocycles. The summed E-state index contributed by atoms with van der Waals surface area (Å²) in [4.78, 5) is 27.6. The second kappa shape index (κ2) is 6.53. The van der Waals surface area contributed by atoms with Gasteiger partial charge < -0.3 is 15.8 Å². The summed E-state index contributed by atoms with van der Waals surface area (Å²) in [5.41, 5.74) is 6.95. The Labute approximate surface area is 154 Å². The van der Waals surface area contributed by atoms with Crippen LogP contribution in [0, 0.1) is 5.92 Å². The van der Waals surface area contributed by atoms with Crippen LogP contribution in [-0.4, -0.2) is 40.0 Å². The summed E-state index contributed by atoms with van der Waals surface area (Å²) in [7, 11) is 0. The van der Waals surface area contributed by atoms with E-state index < -0.39 is 29.9 Å². The van der Waals surface area contributed by atoms with Gasteiger partial charge in [-0.2, -0.15) is 0 Å². The minimum atomic E-state index is -1.51. The molecule has 1 fully saturated rings. The average Bonchev–Trinajstić information content (AvgIpc) is 3.24. The Morgan fingerprint density at radius 1 is 1.44 bits per heavy atom. The first kappa shape index (κ1) is 17.3. The normalized spacial score (nSPS) is 22.3. The monoisotopic (exact) mass is 370 g/mol. The molecule has 1 aliphatic rings. The van der Waals surface area contributed by atoms with Crippen LogP contribution in [0.5, 0.6) is 5.75 Å². The van der Waals surface area contributed by atoms with Crippen molar-refractivity contribution in [3.8, 4) is 5.75 Å². The van der Waals surface area contributed by atoms with Crippen LogP contribution < -0.4 is 15.8 Å². The predicted octanol–water partition coefficient (Wildman–Crippen LogP) is 1.83.